The molecule has 0 spiro atoms. The van der Waals surface area contributed by atoms with Gasteiger partial charge in [0.1, 0.15) is 0 Å². The quantitative estimate of drug-likeness (QED) is 0.823. The molecule has 0 amide bonds. The Labute approximate surface area is 104 Å². The highest BCUT2D eigenvalue weighted by molar-refractivity contribution is 7.07. The minimum atomic E-state index is 0.312. The third-order valence-corrected chi connectivity index (χ3v) is 3.48. The van der Waals surface area contributed by atoms with Gasteiger partial charge in [-0.2, -0.15) is 11.3 Å². The average Bonchev–Trinajstić information content (AvgIpc) is 2.51. The smallest absolute Gasteiger partial charge is 0.00821 e. The maximum absolute atomic E-state index is 6.19. The van der Waals surface area contributed by atoms with Crippen molar-refractivity contribution < 1.29 is 0 Å². The Hall–Kier alpha value is -0.340. The van der Waals surface area contributed by atoms with E-state index in [1.807, 2.05) is 0 Å². The van der Waals surface area contributed by atoms with E-state index in [0.29, 0.717) is 17.4 Å². The van der Waals surface area contributed by atoms with Crippen LogP contribution < -0.4 is 5.73 Å². The van der Waals surface area contributed by atoms with E-state index >= 15 is 0 Å². The minimum absolute atomic E-state index is 0.312. The minimum Gasteiger partial charge on any atom is -0.327 e. The zero-order valence-electron chi connectivity index (χ0n) is 11.0. The summed E-state index contributed by atoms with van der Waals surface area (Å²) in [7, 11) is 0. The molecule has 0 saturated heterocycles. The Morgan fingerprint density at radius 3 is 2.56 bits per heavy atom. The first-order valence-corrected chi connectivity index (χ1v) is 7.08. The molecule has 0 aliphatic carbocycles. The summed E-state index contributed by atoms with van der Waals surface area (Å²) in [6.45, 7) is 9.22. The topological polar surface area (TPSA) is 26.0 Å². The lowest BCUT2D eigenvalue weighted by Crippen LogP contribution is -2.26. The van der Waals surface area contributed by atoms with Gasteiger partial charge in [-0.1, -0.05) is 27.7 Å². The van der Waals surface area contributed by atoms with Crippen molar-refractivity contribution in [2.24, 2.45) is 17.1 Å². The Bertz CT molecular complexity index is 284. The molecule has 1 heterocycles. The third-order valence-electron chi connectivity index (χ3n) is 2.74. The SMILES string of the molecule is CC(CC(N)Cc1ccsc1)CC(C)(C)C. The average molecular weight is 239 g/mol. The van der Waals surface area contributed by atoms with E-state index < -0.39 is 0 Å². The van der Waals surface area contributed by atoms with Crippen LogP contribution in [-0.4, -0.2) is 6.04 Å². The highest BCUT2D eigenvalue weighted by Crippen LogP contribution is 2.26. The predicted octanol–water partition coefficient (Wildman–Crippen LogP) is 4.08. The fourth-order valence-electron chi connectivity index (χ4n) is 2.44. The molecule has 0 aliphatic rings. The molecule has 0 fully saturated rings. The summed E-state index contributed by atoms with van der Waals surface area (Å²) in [5.41, 5.74) is 8.00. The monoisotopic (exact) mass is 239 g/mol. The van der Waals surface area contributed by atoms with Crippen molar-refractivity contribution in [1.29, 1.82) is 0 Å². The summed E-state index contributed by atoms with van der Waals surface area (Å²) in [5, 5.41) is 4.33. The van der Waals surface area contributed by atoms with Crippen molar-refractivity contribution in [2.75, 3.05) is 0 Å². The van der Waals surface area contributed by atoms with Crippen LogP contribution >= 0.6 is 11.3 Å². The molecule has 1 rings (SSSR count). The molecule has 0 bridgehead atoms. The standard InChI is InChI=1S/C14H25NS/c1-11(9-14(2,3)4)7-13(15)8-12-5-6-16-10-12/h5-6,10-11,13H,7-9,15H2,1-4H3. The number of hydrogen-bond acceptors (Lipinski definition) is 2. The molecule has 1 aromatic rings. The number of hydrogen-bond donors (Lipinski definition) is 1. The first-order chi connectivity index (χ1) is 7.37. The molecule has 0 aliphatic heterocycles. The van der Waals surface area contributed by atoms with Crippen LogP contribution in [0.5, 0.6) is 0 Å². The van der Waals surface area contributed by atoms with Crippen molar-refractivity contribution >= 4 is 11.3 Å². The maximum atomic E-state index is 6.19. The molecule has 1 aromatic heterocycles. The second-order valence-corrected chi connectivity index (χ2v) is 6.98. The van der Waals surface area contributed by atoms with Gasteiger partial charge in [-0.25, -0.2) is 0 Å². The van der Waals surface area contributed by atoms with Gasteiger partial charge in [0.25, 0.3) is 0 Å². The third kappa shape index (κ3) is 5.66. The molecule has 92 valence electrons. The molecular formula is C14H25NS. The van der Waals surface area contributed by atoms with Crippen LogP contribution in [-0.2, 0) is 6.42 Å². The van der Waals surface area contributed by atoms with E-state index in [9.17, 15) is 0 Å². The van der Waals surface area contributed by atoms with E-state index in [4.69, 9.17) is 5.73 Å². The molecule has 2 atom stereocenters. The van der Waals surface area contributed by atoms with Crippen LogP contribution in [0.15, 0.2) is 16.8 Å². The van der Waals surface area contributed by atoms with Crippen LogP contribution in [0, 0.1) is 11.3 Å². The van der Waals surface area contributed by atoms with E-state index in [0.717, 1.165) is 12.8 Å². The maximum Gasteiger partial charge on any atom is 0.00821 e. The molecule has 1 nitrogen and oxygen atoms in total. The van der Waals surface area contributed by atoms with Crippen molar-refractivity contribution in [1.82, 2.24) is 0 Å². The lowest BCUT2D eigenvalue weighted by Gasteiger charge is -2.25. The molecule has 2 unspecified atom stereocenters. The second-order valence-electron chi connectivity index (χ2n) is 6.20. The van der Waals surface area contributed by atoms with Gasteiger partial charge in [-0.3, -0.25) is 0 Å². The Morgan fingerprint density at radius 1 is 1.38 bits per heavy atom. The van der Waals surface area contributed by atoms with Gasteiger partial charge < -0.3 is 5.73 Å². The highest BCUT2D eigenvalue weighted by Gasteiger charge is 2.17. The van der Waals surface area contributed by atoms with Gasteiger partial charge in [0, 0.05) is 6.04 Å². The van der Waals surface area contributed by atoms with Crippen LogP contribution in [0.2, 0.25) is 0 Å². The Kier molecular flexibility index (Phi) is 5.00. The van der Waals surface area contributed by atoms with Gasteiger partial charge >= 0.3 is 0 Å². The van der Waals surface area contributed by atoms with Crippen molar-refractivity contribution in [3.63, 3.8) is 0 Å². The Morgan fingerprint density at radius 2 is 2.06 bits per heavy atom. The molecule has 0 radical (unpaired) electrons. The summed E-state index contributed by atoms with van der Waals surface area (Å²) >= 11 is 1.75. The van der Waals surface area contributed by atoms with Gasteiger partial charge in [0.2, 0.25) is 0 Å². The fraction of sp³-hybridized carbons (Fsp3) is 0.714. The van der Waals surface area contributed by atoms with E-state index in [1.54, 1.807) is 11.3 Å². The van der Waals surface area contributed by atoms with Crippen LogP contribution in [0.3, 0.4) is 0 Å². The van der Waals surface area contributed by atoms with E-state index in [1.165, 1.54) is 12.0 Å². The van der Waals surface area contributed by atoms with Gasteiger partial charge in [-0.15, -0.1) is 0 Å². The largest absolute Gasteiger partial charge is 0.327 e. The van der Waals surface area contributed by atoms with Gasteiger partial charge in [-0.05, 0) is 53.0 Å². The van der Waals surface area contributed by atoms with Crippen molar-refractivity contribution in [3.05, 3.63) is 22.4 Å². The zero-order valence-corrected chi connectivity index (χ0v) is 11.8. The van der Waals surface area contributed by atoms with E-state index in [-0.39, 0.29) is 0 Å². The van der Waals surface area contributed by atoms with Gasteiger partial charge in [0.15, 0.2) is 0 Å². The molecule has 16 heavy (non-hydrogen) atoms. The molecular weight excluding hydrogens is 214 g/mol. The molecule has 0 saturated carbocycles. The lowest BCUT2D eigenvalue weighted by atomic mass is 9.82. The molecule has 2 heteroatoms. The van der Waals surface area contributed by atoms with Crippen LogP contribution in [0.25, 0.3) is 0 Å². The summed E-state index contributed by atoms with van der Waals surface area (Å²) < 4.78 is 0. The number of thiophene rings is 1. The molecule has 2 N–H and O–H groups in total. The van der Waals surface area contributed by atoms with Crippen molar-refractivity contribution in [2.45, 2.75) is 53.0 Å². The highest BCUT2D eigenvalue weighted by atomic mass is 32.1. The fourth-order valence-corrected chi connectivity index (χ4v) is 3.12. The Balaban J connectivity index is 2.31. The summed E-state index contributed by atoms with van der Waals surface area (Å²) in [5.74, 6) is 0.716. The summed E-state index contributed by atoms with van der Waals surface area (Å²) in [6.07, 6.45) is 3.41. The first-order valence-electron chi connectivity index (χ1n) is 6.13. The van der Waals surface area contributed by atoms with Gasteiger partial charge in [0.05, 0.1) is 0 Å². The van der Waals surface area contributed by atoms with Crippen LogP contribution in [0.4, 0.5) is 0 Å². The lowest BCUT2D eigenvalue weighted by molar-refractivity contribution is 0.285. The predicted molar refractivity (Wildman–Crippen MR) is 73.9 cm³/mol. The summed E-state index contributed by atoms with van der Waals surface area (Å²) in [4.78, 5) is 0. The number of rotatable bonds is 5. The zero-order chi connectivity index (χ0) is 12.2. The molecule has 0 aromatic carbocycles. The second kappa shape index (κ2) is 5.83. The normalized spacial score (nSPS) is 16.1. The first kappa shape index (κ1) is 13.7. The van der Waals surface area contributed by atoms with Crippen molar-refractivity contribution in [3.8, 4) is 0 Å². The number of nitrogens with two attached hydrogens (primary N) is 1. The van der Waals surface area contributed by atoms with E-state index in [2.05, 4.69) is 44.5 Å². The summed E-state index contributed by atoms with van der Waals surface area (Å²) in [6, 6.07) is 2.49. The van der Waals surface area contributed by atoms with Crippen LogP contribution in [0.1, 0.15) is 46.1 Å².